The van der Waals surface area contributed by atoms with E-state index in [9.17, 15) is 19.2 Å². The van der Waals surface area contributed by atoms with Crippen LogP contribution in [0.2, 0.25) is 0 Å². The summed E-state index contributed by atoms with van der Waals surface area (Å²) in [7, 11) is 0. The van der Waals surface area contributed by atoms with Gasteiger partial charge >= 0.3 is 0 Å². The van der Waals surface area contributed by atoms with Gasteiger partial charge in [-0.15, -0.1) is 0 Å². The molecule has 0 N–H and O–H groups in total. The third kappa shape index (κ3) is 4.69. The molecule has 0 saturated carbocycles. The zero-order valence-electron chi connectivity index (χ0n) is 20.3. The number of benzene rings is 4. The molecule has 0 atom stereocenters. The second-order valence-corrected chi connectivity index (χ2v) is 8.88. The maximum absolute atomic E-state index is 13.6. The summed E-state index contributed by atoms with van der Waals surface area (Å²) < 4.78 is 0. The number of rotatable bonds is 7. The van der Waals surface area contributed by atoms with E-state index in [0.29, 0.717) is 33.5 Å². The highest BCUT2D eigenvalue weighted by Crippen LogP contribution is 2.24. The molecule has 0 bridgehead atoms. The number of aryl methyl sites for hydroxylation is 1. The number of amides is 3. The molecule has 1 aliphatic heterocycles. The maximum atomic E-state index is 13.6. The highest BCUT2D eigenvalue weighted by molar-refractivity contribution is 6.21. The predicted molar refractivity (Wildman–Crippen MR) is 141 cm³/mol. The standard InChI is InChI=1S/C31H24N2O4/c1-21-8-7-11-25(20-21)32(18-19-33-30(36)26-12-5-6-13-27(26)31(33)37)29(35)24-16-14-23(15-17-24)28(34)22-9-3-2-4-10-22/h2-17,20H,18-19H2,1H3. The molecule has 6 heteroatoms. The molecule has 1 heterocycles. The Kier molecular flexibility index (Phi) is 6.47. The number of ketones is 1. The van der Waals surface area contributed by atoms with Crippen LogP contribution in [0.4, 0.5) is 5.69 Å². The van der Waals surface area contributed by atoms with E-state index in [-0.39, 0.29) is 36.6 Å². The molecular weight excluding hydrogens is 464 g/mol. The molecule has 0 radical (unpaired) electrons. The van der Waals surface area contributed by atoms with E-state index in [2.05, 4.69) is 0 Å². The SMILES string of the molecule is Cc1cccc(N(CCN2C(=O)c3ccccc3C2=O)C(=O)c2ccc(C(=O)c3ccccc3)cc2)c1. The number of fused-ring (bicyclic) bond motifs is 1. The van der Waals surface area contributed by atoms with Crippen molar-refractivity contribution in [1.29, 1.82) is 0 Å². The van der Waals surface area contributed by atoms with Gasteiger partial charge in [0.25, 0.3) is 17.7 Å². The molecule has 1 aliphatic rings. The lowest BCUT2D eigenvalue weighted by Gasteiger charge is -2.25. The van der Waals surface area contributed by atoms with Gasteiger partial charge in [-0.1, -0.05) is 66.7 Å². The third-order valence-corrected chi connectivity index (χ3v) is 6.41. The van der Waals surface area contributed by atoms with Crippen LogP contribution < -0.4 is 4.90 Å². The Morgan fingerprint density at radius 3 is 1.86 bits per heavy atom. The topological polar surface area (TPSA) is 74.8 Å². The highest BCUT2D eigenvalue weighted by Gasteiger charge is 2.35. The van der Waals surface area contributed by atoms with Gasteiger partial charge in [0.05, 0.1) is 11.1 Å². The van der Waals surface area contributed by atoms with Gasteiger partial charge in [-0.3, -0.25) is 24.1 Å². The smallest absolute Gasteiger partial charge is 0.261 e. The summed E-state index contributed by atoms with van der Waals surface area (Å²) in [5, 5.41) is 0. The minimum Gasteiger partial charge on any atom is -0.307 e. The first kappa shape index (κ1) is 23.9. The first-order valence-corrected chi connectivity index (χ1v) is 12.0. The van der Waals surface area contributed by atoms with Crippen LogP contribution in [-0.4, -0.2) is 41.5 Å². The largest absolute Gasteiger partial charge is 0.307 e. The Hall–Kier alpha value is -4.84. The molecular formula is C31H24N2O4. The summed E-state index contributed by atoms with van der Waals surface area (Å²) in [5.41, 5.74) is 3.83. The van der Waals surface area contributed by atoms with Crippen molar-refractivity contribution in [3.63, 3.8) is 0 Å². The Morgan fingerprint density at radius 2 is 1.24 bits per heavy atom. The monoisotopic (exact) mass is 488 g/mol. The fourth-order valence-electron chi connectivity index (χ4n) is 4.46. The summed E-state index contributed by atoms with van der Waals surface area (Å²) in [6.07, 6.45) is 0. The van der Waals surface area contributed by atoms with E-state index in [4.69, 9.17) is 0 Å². The molecule has 182 valence electrons. The number of nitrogens with zero attached hydrogens (tertiary/aromatic N) is 2. The predicted octanol–water partition coefficient (Wildman–Crippen LogP) is 5.17. The molecule has 37 heavy (non-hydrogen) atoms. The number of imide groups is 1. The Morgan fingerprint density at radius 1 is 0.676 bits per heavy atom. The van der Waals surface area contributed by atoms with E-state index >= 15 is 0 Å². The van der Waals surface area contributed by atoms with Crippen molar-refractivity contribution < 1.29 is 19.2 Å². The van der Waals surface area contributed by atoms with Crippen LogP contribution in [0.3, 0.4) is 0 Å². The van der Waals surface area contributed by atoms with Crippen molar-refractivity contribution in [2.75, 3.05) is 18.0 Å². The van der Waals surface area contributed by atoms with Crippen molar-refractivity contribution in [2.24, 2.45) is 0 Å². The normalized spacial score (nSPS) is 12.4. The third-order valence-electron chi connectivity index (χ3n) is 6.41. The molecule has 3 amide bonds. The van der Waals surface area contributed by atoms with Gasteiger partial charge in [-0.05, 0) is 48.9 Å². The lowest BCUT2D eigenvalue weighted by atomic mass is 10.0. The molecule has 6 nitrogen and oxygen atoms in total. The molecule has 5 rings (SSSR count). The molecule has 0 unspecified atom stereocenters. The molecule has 4 aromatic carbocycles. The summed E-state index contributed by atoms with van der Waals surface area (Å²) in [4.78, 5) is 54.8. The van der Waals surface area contributed by atoms with Crippen molar-refractivity contribution in [3.05, 3.63) is 137 Å². The second kappa shape index (κ2) is 10.0. The van der Waals surface area contributed by atoms with Crippen LogP contribution in [0.5, 0.6) is 0 Å². The highest BCUT2D eigenvalue weighted by atomic mass is 16.2. The van der Waals surface area contributed by atoms with E-state index in [0.717, 1.165) is 5.56 Å². The zero-order valence-corrected chi connectivity index (χ0v) is 20.3. The Bertz CT molecular complexity index is 1470. The number of anilines is 1. The number of hydrogen-bond donors (Lipinski definition) is 0. The first-order valence-electron chi connectivity index (χ1n) is 12.0. The lowest BCUT2D eigenvalue weighted by molar-refractivity contribution is 0.0654. The summed E-state index contributed by atoms with van der Waals surface area (Å²) in [6, 6.07) is 29.7. The molecule has 0 spiro atoms. The minimum absolute atomic E-state index is 0.0522. The van der Waals surface area contributed by atoms with Gasteiger partial charge < -0.3 is 4.90 Å². The van der Waals surface area contributed by atoms with Crippen LogP contribution in [-0.2, 0) is 0 Å². The van der Waals surface area contributed by atoms with E-state index in [1.54, 1.807) is 77.7 Å². The van der Waals surface area contributed by atoms with Gasteiger partial charge in [0.1, 0.15) is 0 Å². The van der Waals surface area contributed by atoms with Gasteiger partial charge in [-0.2, -0.15) is 0 Å². The van der Waals surface area contributed by atoms with E-state index in [1.807, 2.05) is 37.3 Å². The first-order chi connectivity index (χ1) is 17.9. The van der Waals surface area contributed by atoms with Crippen LogP contribution in [0.15, 0.2) is 103 Å². The average molecular weight is 489 g/mol. The maximum Gasteiger partial charge on any atom is 0.261 e. The Balaban J connectivity index is 1.39. The quantitative estimate of drug-likeness (QED) is 0.266. The Labute approximate surface area is 214 Å². The molecule has 4 aromatic rings. The number of carbonyl (C=O) groups is 4. The van der Waals surface area contributed by atoms with Crippen LogP contribution in [0.25, 0.3) is 0 Å². The van der Waals surface area contributed by atoms with Crippen molar-refractivity contribution in [3.8, 4) is 0 Å². The summed E-state index contributed by atoms with van der Waals surface area (Å²) in [6.45, 7) is 2.11. The lowest BCUT2D eigenvalue weighted by Crippen LogP contribution is -2.41. The van der Waals surface area contributed by atoms with Crippen molar-refractivity contribution in [2.45, 2.75) is 6.92 Å². The fraction of sp³-hybridized carbons (Fsp3) is 0.0968. The molecule has 0 saturated heterocycles. The average Bonchev–Trinajstić information content (AvgIpc) is 3.18. The number of carbonyl (C=O) groups excluding carboxylic acids is 4. The van der Waals surface area contributed by atoms with Crippen LogP contribution in [0.1, 0.15) is 52.6 Å². The van der Waals surface area contributed by atoms with Gasteiger partial charge in [-0.25, -0.2) is 0 Å². The second-order valence-electron chi connectivity index (χ2n) is 8.88. The van der Waals surface area contributed by atoms with Gasteiger partial charge in [0.15, 0.2) is 5.78 Å². The van der Waals surface area contributed by atoms with Gasteiger partial charge in [0, 0.05) is 35.5 Å². The summed E-state index contributed by atoms with van der Waals surface area (Å²) in [5.74, 6) is -1.14. The van der Waals surface area contributed by atoms with Gasteiger partial charge in [0.2, 0.25) is 0 Å². The molecule has 0 aliphatic carbocycles. The van der Waals surface area contributed by atoms with Crippen molar-refractivity contribution >= 4 is 29.2 Å². The fourth-order valence-corrected chi connectivity index (χ4v) is 4.46. The minimum atomic E-state index is -0.360. The van der Waals surface area contributed by atoms with E-state index < -0.39 is 0 Å². The molecule has 0 aromatic heterocycles. The van der Waals surface area contributed by atoms with E-state index in [1.165, 1.54) is 4.90 Å². The zero-order chi connectivity index (χ0) is 25.9. The van der Waals surface area contributed by atoms with Crippen LogP contribution >= 0.6 is 0 Å². The van der Waals surface area contributed by atoms with Crippen molar-refractivity contribution in [1.82, 2.24) is 4.90 Å². The molecule has 0 fully saturated rings. The van der Waals surface area contributed by atoms with Crippen LogP contribution in [0, 0.1) is 6.92 Å². The number of hydrogen-bond acceptors (Lipinski definition) is 4. The summed E-state index contributed by atoms with van der Waals surface area (Å²) >= 11 is 0.